The summed E-state index contributed by atoms with van der Waals surface area (Å²) in [4.78, 5) is 14.6. The number of likely N-dealkylation sites (tertiary alicyclic amines) is 1. The molecule has 2 aromatic rings. The smallest absolute Gasteiger partial charge is 0.231 e. The zero-order valence-electron chi connectivity index (χ0n) is 17.6. The molecule has 166 valence electrons. The number of hydrogen-bond donors (Lipinski definition) is 3. The first-order valence-corrected chi connectivity index (χ1v) is 11.2. The van der Waals surface area contributed by atoms with Crippen molar-refractivity contribution in [2.75, 3.05) is 6.61 Å². The second kappa shape index (κ2) is 10.1. The molecule has 3 rings (SSSR count). The lowest BCUT2D eigenvalue weighted by Crippen LogP contribution is -2.45. The van der Waals surface area contributed by atoms with Gasteiger partial charge in [0.2, 0.25) is 5.91 Å². The molecule has 31 heavy (non-hydrogen) atoms. The maximum Gasteiger partial charge on any atom is 0.231 e. The third kappa shape index (κ3) is 5.29. The van der Waals surface area contributed by atoms with E-state index in [9.17, 15) is 15.0 Å². The first kappa shape index (κ1) is 23.7. The van der Waals surface area contributed by atoms with Crippen LogP contribution in [0.2, 0.25) is 10.0 Å². The van der Waals surface area contributed by atoms with E-state index in [1.54, 1.807) is 36.4 Å². The number of carbonyl (C=O) groups is 1. The van der Waals surface area contributed by atoms with E-state index in [0.717, 1.165) is 5.56 Å². The average Bonchev–Trinajstić information content (AvgIpc) is 3.00. The summed E-state index contributed by atoms with van der Waals surface area (Å²) >= 11 is 12.2. The Labute approximate surface area is 193 Å². The Balaban J connectivity index is 1.91. The van der Waals surface area contributed by atoms with E-state index >= 15 is 0 Å². The lowest BCUT2D eigenvalue weighted by atomic mass is 9.81. The highest BCUT2D eigenvalue weighted by atomic mass is 35.5. The quantitative estimate of drug-likeness (QED) is 0.513. The predicted octanol–water partition coefficient (Wildman–Crippen LogP) is 5.04. The molecule has 7 heteroatoms. The molecule has 0 radical (unpaired) electrons. The Kier molecular flexibility index (Phi) is 7.76. The third-order valence-corrected chi connectivity index (χ3v) is 6.50. The normalized spacial score (nSPS) is 19.7. The van der Waals surface area contributed by atoms with Crippen molar-refractivity contribution in [3.8, 4) is 0 Å². The molecule has 4 atom stereocenters. The molecule has 3 N–H and O–H groups in total. The highest BCUT2D eigenvalue weighted by Gasteiger charge is 2.42. The number of nitrogens with zero attached hydrogens (tertiary/aromatic N) is 1. The van der Waals surface area contributed by atoms with Crippen molar-refractivity contribution in [1.29, 1.82) is 5.41 Å². The van der Waals surface area contributed by atoms with Gasteiger partial charge in [0.1, 0.15) is 5.84 Å². The largest absolute Gasteiger partial charge is 0.394 e. The number of nitrogens with one attached hydrogen (secondary N) is 1. The summed E-state index contributed by atoms with van der Waals surface area (Å²) in [5, 5.41) is 30.5. The molecule has 0 bridgehead atoms. The maximum absolute atomic E-state index is 13.2. The molecule has 1 fully saturated rings. The second-order valence-electron chi connectivity index (χ2n) is 8.44. The number of aliphatic hydroxyl groups excluding tert-OH is 2. The molecule has 0 aromatic heterocycles. The second-order valence-corrected chi connectivity index (χ2v) is 9.32. The van der Waals surface area contributed by atoms with Crippen molar-refractivity contribution >= 4 is 34.9 Å². The topological polar surface area (TPSA) is 84.6 Å². The van der Waals surface area contributed by atoms with E-state index < -0.39 is 24.0 Å². The van der Waals surface area contributed by atoms with Crippen molar-refractivity contribution in [2.45, 2.75) is 44.8 Å². The highest BCUT2D eigenvalue weighted by molar-refractivity contribution is 6.30. The van der Waals surface area contributed by atoms with Crippen LogP contribution in [0.25, 0.3) is 0 Å². The summed E-state index contributed by atoms with van der Waals surface area (Å²) in [5.74, 6) is -0.780. The van der Waals surface area contributed by atoms with Gasteiger partial charge in [0, 0.05) is 28.3 Å². The van der Waals surface area contributed by atoms with Crippen LogP contribution in [0.1, 0.15) is 49.8 Å². The molecule has 0 saturated carbocycles. The van der Waals surface area contributed by atoms with Gasteiger partial charge in [0.15, 0.2) is 0 Å². The molecular weight excluding hydrogens is 435 g/mol. The molecule has 0 aliphatic carbocycles. The van der Waals surface area contributed by atoms with Crippen LogP contribution in [0.4, 0.5) is 0 Å². The summed E-state index contributed by atoms with van der Waals surface area (Å²) in [6.07, 6.45) is -0.227. The van der Waals surface area contributed by atoms with E-state index in [4.69, 9.17) is 28.6 Å². The molecule has 1 aliphatic heterocycles. The van der Waals surface area contributed by atoms with Crippen LogP contribution in [-0.4, -0.2) is 39.5 Å². The minimum Gasteiger partial charge on any atom is -0.394 e. The number of amides is 1. The Morgan fingerprint density at radius 2 is 1.77 bits per heavy atom. The summed E-state index contributed by atoms with van der Waals surface area (Å²) in [5.41, 5.74) is 1.53. The first-order valence-electron chi connectivity index (χ1n) is 10.4. The number of halogens is 2. The SMILES string of the molecule is CC(C)[C@@H](CO)N1C(=N)CC(C[C@H](c2cccc(Cl)c2)[C@@H](O)c2ccc(Cl)cc2)C1=O. The van der Waals surface area contributed by atoms with Gasteiger partial charge in [-0.1, -0.05) is 61.3 Å². The van der Waals surface area contributed by atoms with Crippen molar-refractivity contribution in [1.82, 2.24) is 4.90 Å². The summed E-state index contributed by atoms with van der Waals surface area (Å²) in [6.45, 7) is 3.66. The fourth-order valence-electron chi connectivity index (χ4n) is 4.27. The molecule has 1 unspecified atom stereocenters. The van der Waals surface area contributed by atoms with Gasteiger partial charge in [-0.3, -0.25) is 15.1 Å². The predicted molar refractivity (Wildman–Crippen MR) is 124 cm³/mol. The standard InChI is InChI=1S/C24H28Cl2N2O3/c1-14(2)21(13-29)28-22(27)12-17(24(28)31)11-20(16-4-3-5-19(26)10-16)23(30)15-6-8-18(25)9-7-15/h3-10,14,17,20-21,23,27,29-30H,11-13H2,1-2H3/t17?,20-,21-,23+/m1/s1. The van der Waals surface area contributed by atoms with E-state index in [2.05, 4.69) is 0 Å². The van der Waals surface area contributed by atoms with Crippen LogP contribution in [0, 0.1) is 17.2 Å². The van der Waals surface area contributed by atoms with E-state index in [1.807, 2.05) is 26.0 Å². The molecule has 1 aliphatic rings. The van der Waals surface area contributed by atoms with Crippen molar-refractivity contribution in [3.63, 3.8) is 0 Å². The number of hydrogen-bond acceptors (Lipinski definition) is 4. The lowest BCUT2D eigenvalue weighted by Gasteiger charge is -2.30. The monoisotopic (exact) mass is 462 g/mol. The van der Waals surface area contributed by atoms with Crippen molar-refractivity contribution in [3.05, 3.63) is 69.7 Å². The molecule has 5 nitrogen and oxygen atoms in total. The Hall–Kier alpha value is -1.92. The van der Waals surface area contributed by atoms with Crippen molar-refractivity contribution in [2.24, 2.45) is 11.8 Å². The number of aliphatic hydroxyl groups is 2. The minimum atomic E-state index is -0.870. The van der Waals surface area contributed by atoms with Crippen LogP contribution in [-0.2, 0) is 4.79 Å². The van der Waals surface area contributed by atoms with Crippen LogP contribution in [0.3, 0.4) is 0 Å². The molecule has 0 spiro atoms. The van der Waals surface area contributed by atoms with Gasteiger partial charge in [-0.15, -0.1) is 0 Å². The molecule has 1 heterocycles. The van der Waals surface area contributed by atoms with E-state index in [1.165, 1.54) is 4.90 Å². The molecule has 1 saturated heterocycles. The van der Waals surface area contributed by atoms with Gasteiger partial charge >= 0.3 is 0 Å². The zero-order valence-corrected chi connectivity index (χ0v) is 19.1. The third-order valence-electron chi connectivity index (χ3n) is 6.01. The average molecular weight is 463 g/mol. The molecule has 2 aromatic carbocycles. The lowest BCUT2D eigenvalue weighted by molar-refractivity contribution is -0.132. The zero-order chi connectivity index (χ0) is 22.7. The van der Waals surface area contributed by atoms with Crippen LogP contribution < -0.4 is 0 Å². The van der Waals surface area contributed by atoms with Gasteiger partial charge in [0.25, 0.3) is 0 Å². The number of benzene rings is 2. The maximum atomic E-state index is 13.2. The van der Waals surface area contributed by atoms with Gasteiger partial charge in [0.05, 0.1) is 18.8 Å². The fraction of sp³-hybridized carbons (Fsp3) is 0.417. The molecule has 1 amide bonds. The van der Waals surface area contributed by atoms with Gasteiger partial charge in [-0.25, -0.2) is 0 Å². The summed E-state index contributed by atoms with van der Waals surface area (Å²) < 4.78 is 0. The van der Waals surface area contributed by atoms with Crippen molar-refractivity contribution < 1.29 is 15.0 Å². The van der Waals surface area contributed by atoms with E-state index in [-0.39, 0.29) is 30.7 Å². The fourth-order valence-corrected chi connectivity index (χ4v) is 4.60. The highest BCUT2D eigenvalue weighted by Crippen LogP contribution is 2.40. The minimum absolute atomic E-state index is 0.0245. The van der Waals surface area contributed by atoms with Gasteiger partial charge < -0.3 is 10.2 Å². The Morgan fingerprint density at radius 1 is 1.10 bits per heavy atom. The van der Waals surface area contributed by atoms with Crippen LogP contribution in [0.15, 0.2) is 48.5 Å². The number of carbonyl (C=O) groups excluding carboxylic acids is 1. The van der Waals surface area contributed by atoms with Crippen LogP contribution in [0.5, 0.6) is 0 Å². The van der Waals surface area contributed by atoms with Gasteiger partial charge in [-0.2, -0.15) is 0 Å². The Morgan fingerprint density at radius 3 is 2.35 bits per heavy atom. The summed E-state index contributed by atoms with van der Waals surface area (Å²) in [7, 11) is 0. The summed E-state index contributed by atoms with van der Waals surface area (Å²) in [6, 6.07) is 13.9. The molecular formula is C24H28Cl2N2O3. The first-order chi connectivity index (χ1) is 14.7. The number of rotatable bonds is 8. The van der Waals surface area contributed by atoms with E-state index in [0.29, 0.717) is 22.0 Å². The van der Waals surface area contributed by atoms with Gasteiger partial charge in [-0.05, 0) is 47.7 Å². The Bertz CT molecular complexity index is 933. The number of amidine groups is 1. The van der Waals surface area contributed by atoms with Crippen LogP contribution >= 0.6 is 23.2 Å².